The highest BCUT2D eigenvalue weighted by Gasteiger charge is 2.14. The summed E-state index contributed by atoms with van der Waals surface area (Å²) in [6.07, 6.45) is 0. The van der Waals surface area contributed by atoms with Gasteiger partial charge in [0.15, 0.2) is 0 Å². The van der Waals surface area contributed by atoms with E-state index in [1.54, 1.807) is 0 Å². The monoisotopic (exact) mass is 289 g/mol. The van der Waals surface area contributed by atoms with Crippen molar-refractivity contribution >= 4 is 11.4 Å². The first-order chi connectivity index (χ1) is 10.0. The van der Waals surface area contributed by atoms with E-state index < -0.39 is 16.6 Å². The van der Waals surface area contributed by atoms with E-state index >= 15 is 0 Å². The lowest BCUT2D eigenvalue weighted by Crippen LogP contribution is -2.05. The lowest BCUT2D eigenvalue weighted by molar-refractivity contribution is -0.384. The van der Waals surface area contributed by atoms with Crippen LogP contribution in [0.3, 0.4) is 0 Å². The van der Waals surface area contributed by atoms with Gasteiger partial charge in [0.2, 0.25) is 0 Å². The van der Waals surface area contributed by atoms with Gasteiger partial charge in [-0.25, -0.2) is 8.78 Å². The summed E-state index contributed by atoms with van der Waals surface area (Å²) in [5.41, 5.74) is 0.273. The molecular weight excluding hydrogens is 280 g/mol. The normalized spacial score (nSPS) is 9.95. The molecular formula is C14H9F2N3O2. The number of nitrogens with zero attached hydrogens (tertiary/aromatic N) is 2. The Morgan fingerprint density at radius 1 is 1.24 bits per heavy atom. The first kappa shape index (κ1) is 14.4. The number of nitrogens with one attached hydrogen (secondary N) is 1. The van der Waals surface area contributed by atoms with Crippen molar-refractivity contribution in [2.45, 2.75) is 6.54 Å². The molecule has 0 saturated heterocycles. The molecule has 0 amide bonds. The number of rotatable bonds is 4. The number of hydrogen-bond acceptors (Lipinski definition) is 4. The van der Waals surface area contributed by atoms with E-state index in [2.05, 4.69) is 5.32 Å². The predicted molar refractivity (Wildman–Crippen MR) is 71.5 cm³/mol. The second-order valence-electron chi connectivity index (χ2n) is 4.19. The molecule has 0 aromatic heterocycles. The summed E-state index contributed by atoms with van der Waals surface area (Å²) in [6.45, 7) is -0.0676. The number of hydrogen-bond donors (Lipinski definition) is 1. The Kier molecular flexibility index (Phi) is 4.09. The average molecular weight is 289 g/mol. The molecule has 0 bridgehead atoms. The third-order valence-corrected chi connectivity index (χ3v) is 2.81. The van der Waals surface area contributed by atoms with Crippen molar-refractivity contribution in [2.75, 3.05) is 5.32 Å². The maximum absolute atomic E-state index is 13.5. The molecule has 0 atom stereocenters. The fourth-order valence-electron chi connectivity index (χ4n) is 1.76. The van der Waals surface area contributed by atoms with Crippen LogP contribution in [-0.4, -0.2) is 4.92 Å². The maximum atomic E-state index is 13.5. The van der Waals surface area contributed by atoms with Crippen molar-refractivity contribution in [3.63, 3.8) is 0 Å². The van der Waals surface area contributed by atoms with Gasteiger partial charge < -0.3 is 5.32 Å². The molecule has 0 heterocycles. The van der Waals surface area contributed by atoms with Crippen molar-refractivity contribution in [2.24, 2.45) is 0 Å². The zero-order valence-corrected chi connectivity index (χ0v) is 10.6. The van der Waals surface area contributed by atoms with Gasteiger partial charge >= 0.3 is 0 Å². The Balaban J connectivity index is 2.26. The first-order valence-electron chi connectivity index (χ1n) is 5.87. The molecule has 2 aromatic rings. The molecule has 0 saturated carbocycles. The van der Waals surface area contributed by atoms with Crippen LogP contribution in [-0.2, 0) is 6.54 Å². The zero-order chi connectivity index (χ0) is 15.4. The van der Waals surface area contributed by atoms with E-state index in [-0.39, 0.29) is 29.0 Å². The molecule has 106 valence electrons. The molecule has 0 radical (unpaired) electrons. The summed E-state index contributed by atoms with van der Waals surface area (Å²) in [4.78, 5) is 10.3. The predicted octanol–water partition coefficient (Wildman–Crippen LogP) is 3.36. The van der Waals surface area contributed by atoms with E-state index in [1.165, 1.54) is 24.3 Å². The summed E-state index contributed by atoms with van der Waals surface area (Å²) in [5.74, 6) is -1.45. The Labute approximate surface area is 118 Å². The van der Waals surface area contributed by atoms with Gasteiger partial charge in [-0.1, -0.05) is 6.07 Å². The van der Waals surface area contributed by atoms with Gasteiger partial charge in [0, 0.05) is 24.2 Å². The van der Waals surface area contributed by atoms with Crippen molar-refractivity contribution in [3.8, 4) is 6.07 Å². The van der Waals surface area contributed by atoms with E-state index in [1.807, 2.05) is 6.07 Å². The standard InChI is InChI=1S/C14H9F2N3O2/c15-11-3-2-10(12(16)6-11)8-18-13-5-9(7-17)1-4-14(13)19(20)21/h1-6,18H,8H2. The summed E-state index contributed by atoms with van der Waals surface area (Å²) < 4.78 is 26.3. The van der Waals surface area contributed by atoms with Gasteiger partial charge in [0.05, 0.1) is 16.6 Å². The van der Waals surface area contributed by atoms with Crippen molar-refractivity contribution in [1.82, 2.24) is 0 Å². The molecule has 0 aliphatic heterocycles. The second kappa shape index (κ2) is 5.96. The van der Waals surface area contributed by atoms with Crippen LogP contribution in [0.1, 0.15) is 11.1 Å². The van der Waals surface area contributed by atoms with Crippen molar-refractivity contribution in [3.05, 3.63) is 69.3 Å². The van der Waals surface area contributed by atoms with E-state index in [4.69, 9.17) is 5.26 Å². The summed E-state index contributed by atoms with van der Waals surface area (Å²) in [7, 11) is 0. The third-order valence-electron chi connectivity index (χ3n) is 2.81. The fraction of sp³-hybridized carbons (Fsp3) is 0.0714. The van der Waals surface area contributed by atoms with Crippen LogP contribution in [0.5, 0.6) is 0 Å². The molecule has 0 spiro atoms. The number of nitro benzene ring substituents is 1. The summed E-state index contributed by atoms with van der Waals surface area (Å²) in [5, 5.41) is 22.4. The average Bonchev–Trinajstić information content (AvgIpc) is 2.45. The minimum Gasteiger partial charge on any atom is -0.375 e. The van der Waals surface area contributed by atoms with E-state index in [0.717, 1.165) is 12.1 Å². The molecule has 5 nitrogen and oxygen atoms in total. The van der Waals surface area contributed by atoms with Gasteiger partial charge in [-0.2, -0.15) is 5.26 Å². The van der Waals surface area contributed by atoms with Crippen LogP contribution in [0.4, 0.5) is 20.2 Å². The smallest absolute Gasteiger partial charge is 0.292 e. The molecule has 2 rings (SSSR count). The van der Waals surface area contributed by atoms with Gasteiger partial charge in [0.1, 0.15) is 17.3 Å². The lowest BCUT2D eigenvalue weighted by atomic mass is 10.1. The van der Waals surface area contributed by atoms with E-state index in [9.17, 15) is 18.9 Å². The molecule has 0 aliphatic rings. The fourth-order valence-corrected chi connectivity index (χ4v) is 1.76. The highest BCUT2D eigenvalue weighted by Crippen LogP contribution is 2.26. The number of benzene rings is 2. The molecule has 0 fully saturated rings. The Morgan fingerprint density at radius 3 is 2.62 bits per heavy atom. The molecule has 0 unspecified atom stereocenters. The Hall–Kier alpha value is -3.01. The van der Waals surface area contributed by atoms with Crippen LogP contribution in [0.15, 0.2) is 36.4 Å². The third kappa shape index (κ3) is 3.30. The number of nitro groups is 1. The van der Waals surface area contributed by atoms with Crippen LogP contribution in [0.2, 0.25) is 0 Å². The highest BCUT2D eigenvalue weighted by atomic mass is 19.1. The van der Waals surface area contributed by atoms with Crippen LogP contribution in [0.25, 0.3) is 0 Å². The topological polar surface area (TPSA) is 79.0 Å². The van der Waals surface area contributed by atoms with Crippen molar-refractivity contribution < 1.29 is 13.7 Å². The number of anilines is 1. The maximum Gasteiger partial charge on any atom is 0.292 e. The van der Waals surface area contributed by atoms with Gasteiger partial charge in [-0.05, 0) is 18.2 Å². The highest BCUT2D eigenvalue weighted by molar-refractivity contribution is 5.64. The summed E-state index contributed by atoms with van der Waals surface area (Å²) >= 11 is 0. The Morgan fingerprint density at radius 2 is 2.00 bits per heavy atom. The number of nitriles is 1. The summed E-state index contributed by atoms with van der Waals surface area (Å²) in [6, 6.07) is 8.77. The minimum absolute atomic E-state index is 0.0676. The quantitative estimate of drug-likeness (QED) is 0.691. The van der Waals surface area contributed by atoms with Crippen molar-refractivity contribution in [1.29, 1.82) is 5.26 Å². The minimum atomic E-state index is -0.749. The largest absolute Gasteiger partial charge is 0.375 e. The zero-order valence-electron chi connectivity index (χ0n) is 10.6. The van der Waals surface area contributed by atoms with Gasteiger partial charge in [-0.3, -0.25) is 10.1 Å². The molecule has 21 heavy (non-hydrogen) atoms. The SMILES string of the molecule is N#Cc1ccc([N+](=O)[O-])c(NCc2ccc(F)cc2F)c1. The van der Waals surface area contributed by atoms with Crippen LogP contribution >= 0.6 is 0 Å². The van der Waals surface area contributed by atoms with Crippen LogP contribution in [0, 0.1) is 33.1 Å². The lowest BCUT2D eigenvalue weighted by Gasteiger charge is -2.08. The van der Waals surface area contributed by atoms with E-state index in [0.29, 0.717) is 0 Å². The van der Waals surface area contributed by atoms with Gasteiger partial charge in [-0.15, -0.1) is 0 Å². The molecule has 1 N–H and O–H groups in total. The van der Waals surface area contributed by atoms with Gasteiger partial charge in [0.25, 0.3) is 5.69 Å². The Bertz CT molecular complexity index is 741. The molecule has 2 aromatic carbocycles. The number of halogens is 2. The second-order valence-corrected chi connectivity index (χ2v) is 4.19. The molecule has 0 aliphatic carbocycles. The van der Waals surface area contributed by atoms with Crippen LogP contribution < -0.4 is 5.32 Å². The molecule has 7 heteroatoms. The first-order valence-corrected chi connectivity index (χ1v) is 5.87.